The normalized spacial score (nSPS) is 11.7. The van der Waals surface area contributed by atoms with Gasteiger partial charge in [0.05, 0.1) is 17.3 Å². The molecule has 2 nitrogen and oxygen atoms in total. The first kappa shape index (κ1) is 14.4. The molecule has 20 heavy (non-hydrogen) atoms. The van der Waals surface area contributed by atoms with E-state index in [1.54, 1.807) is 0 Å². The predicted octanol–water partition coefficient (Wildman–Crippen LogP) is 5.08. The van der Waals surface area contributed by atoms with Gasteiger partial charge in [-0.1, -0.05) is 42.8 Å². The van der Waals surface area contributed by atoms with E-state index < -0.39 is 0 Å². The molecule has 0 bridgehead atoms. The molecule has 0 saturated heterocycles. The van der Waals surface area contributed by atoms with Crippen LogP contribution in [-0.4, -0.2) is 0 Å². The summed E-state index contributed by atoms with van der Waals surface area (Å²) in [6.45, 7) is 4.06. The molecule has 0 heterocycles. The summed E-state index contributed by atoms with van der Waals surface area (Å²) < 4.78 is 0. The Labute approximate surface area is 125 Å². The van der Waals surface area contributed by atoms with Crippen LogP contribution in [0.2, 0.25) is 5.02 Å². The van der Waals surface area contributed by atoms with Crippen molar-refractivity contribution in [1.82, 2.24) is 0 Å². The van der Waals surface area contributed by atoms with Crippen molar-refractivity contribution >= 4 is 17.3 Å². The molecular weight excluding hydrogens is 268 g/mol. The van der Waals surface area contributed by atoms with Gasteiger partial charge >= 0.3 is 0 Å². The second-order valence-electron chi connectivity index (χ2n) is 4.77. The maximum absolute atomic E-state index is 9.29. The summed E-state index contributed by atoms with van der Waals surface area (Å²) in [6.07, 6.45) is 0.916. The van der Waals surface area contributed by atoms with Gasteiger partial charge in [-0.25, -0.2) is 0 Å². The summed E-state index contributed by atoms with van der Waals surface area (Å²) in [5.74, 6) is 0. The van der Waals surface area contributed by atoms with Crippen molar-refractivity contribution in [2.24, 2.45) is 0 Å². The van der Waals surface area contributed by atoms with Gasteiger partial charge < -0.3 is 5.32 Å². The Balaban J connectivity index is 2.32. The molecule has 0 aliphatic carbocycles. The van der Waals surface area contributed by atoms with Crippen molar-refractivity contribution in [2.75, 3.05) is 5.32 Å². The Kier molecular flexibility index (Phi) is 4.65. The molecule has 0 spiro atoms. The van der Waals surface area contributed by atoms with Crippen molar-refractivity contribution < 1.29 is 0 Å². The summed E-state index contributed by atoms with van der Waals surface area (Å²) in [5, 5.41) is 13.5. The smallest absolute Gasteiger partial charge is 0.102 e. The molecule has 2 aromatic rings. The highest BCUT2D eigenvalue weighted by molar-refractivity contribution is 6.30. The van der Waals surface area contributed by atoms with E-state index in [1.807, 2.05) is 43.3 Å². The quantitative estimate of drug-likeness (QED) is 0.849. The number of nitriles is 1. The fourth-order valence-electron chi connectivity index (χ4n) is 2.27. The van der Waals surface area contributed by atoms with Crippen LogP contribution in [0.25, 0.3) is 0 Å². The van der Waals surface area contributed by atoms with Crippen LogP contribution in [-0.2, 0) is 0 Å². The molecule has 1 atom stereocenters. The molecule has 2 rings (SSSR count). The van der Waals surface area contributed by atoms with Crippen LogP contribution in [0.15, 0.2) is 42.5 Å². The predicted molar refractivity (Wildman–Crippen MR) is 84.0 cm³/mol. The number of nitrogens with zero attached hydrogens (tertiary/aromatic N) is 1. The van der Waals surface area contributed by atoms with E-state index in [1.165, 1.54) is 0 Å². The molecule has 0 aromatic heterocycles. The monoisotopic (exact) mass is 284 g/mol. The molecule has 1 unspecified atom stereocenters. The molecule has 0 amide bonds. The number of rotatable bonds is 4. The first-order valence-corrected chi connectivity index (χ1v) is 7.05. The summed E-state index contributed by atoms with van der Waals surface area (Å²) >= 11 is 6.05. The van der Waals surface area contributed by atoms with E-state index in [0.29, 0.717) is 5.56 Å². The minimum Gasteiger partial charge on any atom is -0.377 e. The summed E-state index contributed by atoms with van der Waals surface area (Å²) in [6, 6.07) is 16.1. The third kappa shape index (κ3) is 3.12. The van der Waals surface area contributed by atoms with E-state index in [4.69, 9.17) is 11.6 Å². The topological polar surface area (TPSA) is 35.8 Å². The maximum Gasteiger partial charge on any atom is 0.102 e. The Morgan fingerprint density at radius 1 is 1.25 bits per heavy atom. The average Bonchev–Trinajstić information content (AvgIpc) is 2.45. The van der Waals surface area contributed by atoms with E-state index >= 15 is 0 Å². The van der Waals surface area contributed by atoms with Crippen LogP contribution >= 0.6 is 11.6 Å². The molecular formula is C17H17ClN2. The third-order valence-electron chi connectivity index (χ3n) is 3.37. The zero-order chi connectivity index (χ0) is 14.5. The number of nitrogens with one attached hydrogen (secondary N) is 1. The molecule has 1 N–H and O–H groups in total. The van der Waals surface area contributed by atoms with Crippen LogP contribution in [0.4, 0.5) is 5.69 Å². The van der Waals surface area contributed by atoms with Crippen LogP contribution < -0.4 is 5.32 Å². The van der Waals surface area contributed by atoms with Crippen molar-refractivity contribution in [3.05, 3.63) is 64.2 Å². The molecule has 102 valence electrons. The second-order valence-corrected chi connectivity index (χ2v) is 5.21. The zero-order valence-corrected chi connectivity index (χ0v) is 12.4. The van der Waals surface area contributed by atoms with Crippen molar-refractivity contribution in [3.8, 4) is 6.07 Å². The van der Waals surface area contributed by atoms with E-state index in [9.17, 15) is 5.26 Å². The second kappa shape index (κ2) is 6.45. The SMILES string of the molecule is CCC(Nc1cccc(C)c1C#N)c1cccc(Cl)c1. The van der Waals surface area contributed by atoms with E-state index in [-0.39, 0.29) is 6.04 Å². The lowest BCUT2D eigenvalue weighted by molar-refractivity contribution is 0.749. The van der Waals surface area contributed by atoms with E-state index in [2.05, 4.69) is 24.4 Å². The Bertz CT molecular complexity index is 644. The highest BCUT2D eigenvalue weighted by Gasteiger charge is 2.12. The largest absolute Gasteiger partial charge is 0.377 e. The summed E-state index contributed by atoms with van der Waals surface area (Å²) in [7, 11) is 0. The molecule has 0 radical (unpaired) electrons. The number of anilines is 1. The molecule has 0 aliphatic rings. The van der Waals surface area contributed by atoms with Gasteiger partial charge in [-0.15, -0.1) is 0 Å². The fraction of sp³-hybridized carbons (Fsp3) is 0.235. The molecule has 2 aromatic carbocycles. The Hall–Kier alpha value is -1.98. The van der Waals surface area contributed by atoms with Gasteiger partial charge in [-0.2, -0.15) is 5.26 Å². The minimum atomic E-state index is 0.141. The molecule has 0 fully saturated rings. The molecule has 3 heteroatoms. The lowest BCUT2D eigenvalue weighted by Gasteiger charge is -2.20. The Morgan fingerprint density at radius 2 is 2.00 bits per heavy atom. The number of hydrogen-bond donors (Lipinski definition) is 1. The Morgan fingerprint density at radius 3 is 2.65 bits per heavy atom. The van der Waals surface area contributed by atoms with Gasteiger partial charge in [-0.3, -0.25) is 0 Å². The van der Waals surface area contributed by atoms with Crippen LogP contribution in [0.3, 0.4) is 0 Å². The lowest BCUT2D eigenvalue weighted by Crippen LogP contribution is -2.11. The first-order chi connectivity index (χ1) is 9.65. The fourth-order valence-corrected chi connectivity index (χ4v) is 2.47. The maximum atomic E-state index is 9.29. The van der Waals surface area contributed by atoms with Crippen LogP contribution in [0.1, 0.15) is 36.1 Å². The van der Waals surface area contributed by atoms with Gasteiger partial charge in [-0.05, 0) is 42.7 Å². The standard InChI is InChI=1S/C17H17ClN2/c1-3-16(13-7-5-8-14(18)10-13)20-17-9-4-6-12(2)15(17)11-19/h4-10,16,20H,3H2,1-2H3. The van der Waals surface area contributed by atoms with Gasteiger partial charge in [0.1, 0.15) is 6.07 Å². The number of halogens is 1. The minimum absolute atomic E-state index is 0.141. The zero-order valence-electron chi connectivity index (χ0n) is 11.7. The number of aryl methyl sites for hydroxylation is 1. The van der Waals surface area contributed by atoms with Crippen LogP contribution in [0.5, 0.6) is 0 Å². The first-order valence-electron chi connectivity index (χ1n) is 6.67. The van der Waals surface area contributed by atoms with E-state index in [0.717, 1.165) is 28.3 Å². The van der Waals surface area contributed by atoms with Crippen molar-refractivity contribution in [3.63, 3.8) is 0 Å². The highest BCUT2D eigenvalue weighted by atomic mass is 35.5. The van der Waals surface area contributed by atoms with Gasteiger partial charge in [0.25, 0.3) is 0 Å². The molecule has 0 saturated carbocycles. The highest BCUT2D eigenvalue weighted by Crippen LogP contribution is 2.27. The number of hydrogen-bond acceptors (Lipinski definition) is 2. The number of benzene rings is 2. The average molecular weight is 285 g/mol. The van der Waals surface area contributed by atoms with Gasteiger partial charge in [0.2, 0.25) is 0 Å². The van der Waals surface area contributed by atoms with Crippen LogP contribution in [0, 0.1) is 18.3 Å². The van der Waals surface area contributed by atoms with Crippen molar-refractivity contribution in [1.29, 1.82) is 5.26 Å². The van der Waals surface area contributed by atoms with Crippen molar-refractivity contribution in [2.45, 2.75) is 26.3 Å². The lowest BCUT2D eigenvalue weighted by atomic mass is 10.0. The third-order valence-corrected chi connectivity index (χ3v) is 3.61. The summed E-state index contributed by atoms with van der Waals surface area (Å²) in [4.78, 5) is 0. The van der Waals surface area contributed by atoms with Gasteiger partial charge in [0.15, 0.2) is 0 Å². The van der Waals surface area contributed by atoms with Gasteiger partial charge in [0, 0.05) is 5.02 Å². The summed E-state index contributed by atoms with van der Waals surface area (Å²) in [5.41, 5.74) is 3.69. The molecule has 0 aliphatic heterocycles.